The predicted molar refractivity (Wildman–Crippen MR) is 62.5 cm³/mol. The molecule has 6 heteroatoms. The minimum atomic E-state index is -2.17. The quantitative estimate of drug-likeness (QED) is 0.842. The van der Waals surface area contributed by atoms with E-state index in [0.717, 1.165) is 24.5 Å². The summed E-state index contributed by atoms with van der Waals surface area (Å²) < 4.78 is 30.0. The van der Waals surface area contributed by atoms with Gasteiger partial charge in [0.25, 0.3) is 0 Å². The second kappa shape index (κ2) is 6.31. The summed E-state index contributed by atoms with van der Waals surface area (Å²) in [5.74, 6) is 0.390. The van der Waals surface area contributed by atoms with Gasteiger partial charge in [-0.05, 0) is 32.9 Å². The standard InChI is InChI=1S/C11H16F2N2O.ClH/c1-8-6-10(16-14-8)7-15-4-2-9(3-5-15)11(12)13;/h6,9,11H,2-5,7H2,1H3;1H. The van der Waals surface area contributed by atoms with Gasteiger partial charge < -0.3 is 4.52 Å². The first kappa shape index (κ1) is 14.4. The van der Waals surface area contributed by atoms with E-state index in [1.54, 1.807) is 0 Å². The largest absolute Gasteiger partial charge is 0.360 e. The molecule has 1 aromatic heterocycles. The fourth-order valence-electron chi connectivity index (χ4n) is 2.07. The van der Waals surface area contributed by atoms with Gasteiger partial charge in [-0.15, -0.1) is 12.4 Å². The van der Waals surface area contributed by atoms with Crippen molar-refractivity contribution in [1.82, 2.24) is 10.1 Å². The molecular weight excluding hydrogens is 250 g/mol. The van der Waals surface area contributed by atoms with Crippen LogP contribution in [0.5, 0.6) is 0 Å². The van der Waals surface area contributed by atoms with Gasteiger partial charge in [0.05, 0.1) is 12.2 Å². The average Bonchev–Trinajstić information content (AvgIpc) is 2.65. The molecule has 0 amide bonds. The third-order valence-electron chi connectivity index (χ3n) is 3.04. The fourth-order valence-corrected chi connectivity index (χ4v) is 2.07. The molecule has 2 heterocycles. The zero-order valence-corrected chi connectivity index (χ0v) is 10.6. The molecule has 1 aromatic rings. The number of piperidine rings is 1. The number of rotatable bonds is 3. The van der Waals surface area contributed by atoms with E-state index < -0.39 is 12.3 Å². The SMILES string of the molecule is Cc1cc(CN2CCC(C(F)F)CC2)on1.Cl. The maximum absolute atomic E-state index is 12.4. The van der Waals surface area contributed by atoms with Crippen molar-refractivity contribution in [2.75, 3.05) is 13.1 Å². The summed E-state index contributed by atoms with van der Waals surface area (Å²) >= 11 is 0. The third-order valence-corrected chi connectivity index (χ3v) is 3.04. The maximum atomic E-state index is 12.4. The van der Waals surface area contributed by atoms with Gasteiger partial charge in [-0.2, -0.15) is 0 Å². The molecule has 1 aliphatic heterocycles. The lowest BCUT2D eigenvalue weighted by atomic mass is 9.97. The van der Waals surface area contributed by atoms with E-state index in [9.17, 15) is 8.78 Å². The Kier molecular flexibility index (Phi) is 5.33. The molecule has 17 heavy (non-hydrogen) atoms. The van der Waals surface area contributed by atoms with Crippen molar-refractivity contribution in [1.29, 1.82) is 0 Å². The van der Waals surface area contributed by atoms with Crippen LogP contribution in [0.4, 0.5) is 8.78 Å². The van der Waals surface area contributed by atoms with Crippen LogP contribution in [0.1, 0.15) is 24.3 Å². The van der Waals surface area contributed by atoms with Gasteiger partial charge in [0.2, 0.25) is 6.43 Å². The molecule has 1 saturated heterocycles. The Bertz CT molecular complexity index is 338. The fraction of sp³-hybridized carbons (Fsp3) is 0.727. The Labute approximate surface area is 106 Å². The number of hydrogen-bond donors (Lipinski definition) is 0. The molecule has 1 aliphatic rings. The zero-order chi connectivity index (χ0) is 11.5. The van der Waals surface area contributed by atoms with Crippen LogP contribution in [0.25, 0.3) is 0 Å². The van der Waals surface area contributed by atoms with Crippen molar-refractivity contribution < 1.29 is 13.3 Å². The van der Waals surface area contributed by atoms with Crippen LogP contribution in [-0.2, 0) is 6.54 Å². The molecule has 1 fully saturated rings. The van der Waals surface area contributed by atoms with Gasteiger partial charge in [0.15, 0.2) is 5.76 Å². The highest BCUT2D eigenvalue weighted by Gasteiger charge is 2.26. The Morgan fingerprint density at radius 1 is 1.47 bits per heavy atom. The zero-order valence-electron chi connectivity index (χ0n) is 9.73. The third kappa shape index (κ3) is 3.92. The first-order valence-corrected chi connectivity index (χ1v) is 5.58. The van der Waals surface area contributed by atoms with E-state index in [1.807, 2.05) is 13.0 Å². The second-order valence-corrected chi connectivity index (χ2v) is 4.38. The molecule has 0 bridgehead atoms. The molecule has 0 aliphatic carbocycles. The van der Waals surface area contributed by atoms with Crippen molar-refractivity contribution in [2.24, 2.45) is 5.92 Å². The maximum Gasteiger partial charge on any atom is 0.241 e. The van der Waals surface area contributed by atoms with Crippen LogP contribution in [0.3, 0.4) is 0 Å². The van der Waals surface area contributed by atoms with E-state index in [1.165, 1.54) is 0 Å². The molecule has 98 valence electrons. The van der Waals surface area contributed by atoms with Crippen molar-refractivity contribution in [3.63, 3.8) is 0 Å². The molecule has 0 unspecified atom stereocenters. The van der Waals surface area contributed by atoms with Gasteiger partial charge in [0.1, 0.15) is 0 Å². The average molecular weight is 267 g/mol. The Balaban J connectivity index is 0.00000144. The van der Waals surface area contributed by atoms with E-state index in [-0.39, 0.29) is 12.4 Å². The van der Waals surface area contributed by atoms with Crippen molar-refractivity contribution in [3.05, 3.63) is 17.5 Å². The van der Waals surface area contributed by atoms with Crippen molar-refractivity contribution in [2.45, 2.75) is 32.7 Å². The van der Waals surface area contributed by atoms with Gasteiger partial charge >= 0.3 is 0 Å². The predicted octanol–water partition coefficient (Wildman–Crippen LogP) is 2.88. The smallest absolute Gasteiger partial charge is 0.241 e. The van der Waals surface area contributed by atoms with Crippen molar-refractivity contribution >= 4 is 12.4 Å². The molecule has 0 aromatic carbocycles. The lowest BCUT2D eigenvalue weighted by molar-refractivity contribution is 0.0318. The molecule has 0 saturated carbocycles. The number of halogens is 3. The van der Waals surface area contributed by atoms with Crippen LogP contribution < -0.4 is 0 Å². The monoisotopic (exact) mass is 266 g/mol. The summed E-state index contributed by atoms with van der Waals surface area (Å²) in [5.41, 5.74) is 0.859. The highest BCUT2D eigenvalue weighted by atomic mass is 35.5. The van der Waals surface area contributed by atoms with E-state index in [4.69, 9.17) is 4.52 Å². The minimum absolute atomic E-state index is 0. The van der Waals surface area contributed by atoms with Crippen LogP contribution in [0.15, 0.2) is 10.6 Å². The Morgan fingerprint density at radius 3 is 2.59 bits per heavy atom. The van der Waals surface area contributed by atoms with Crippen LogP contribution in [0.2, 0.25) is 0 Å². The molecule has 0 N–H and O–H groups in total. The van der Waals surface area contributed by atoms with E-state index in [0.29, 0.717) is 19.4 Å². The van der Waals surface area contributed by atoms with Crippen LogP contribution in [-0.4, -0.2) is 29.6 Å². The first-order chi connectivity index (χ1) is 7.65. The Morgan fingerprint density at radius 2 is 2.12 bits per heavy atom. The van der Waals surface area contributed by atoms with Gasteiger partial charge in [-0.25, -0.2) is 8.78 Å². The topological polar surface area (TPSA) is 29.3 Å². The number of likely N-dealkylation sites (tertiary alicyclic amines) is 1. The van der Waals surface area contributed by atoms with Crippen LogP contribution in [0, 0.1) is 12.8 Å². The minimum Gasteiger partial charge on any atom is -0.360 e. The molecule has 0 atom stereocenters. The number of aromatic nitrogens is 1. The number of aryl methyl sites for hydroxylation is 1. The molecule has 2 rings (SSSR count). The summed E-state index contributed by atoms with van der Waals surface area (Å²) in [6.45, 7) is 3.98. The summed E-state index contributed by atoms with van der Waals surface area (Å²) in [5, 5.41) is 3.80. The van der Waals surface area contributed by atoms with Crippen molar-refractivity contribution in [3.8, 4) is 0 Å². The lowest BCUT2D eigenvalue weighted by Gasteiger charge is -2.30. The second-order valence-electron chi connectivity index (χ2n) is 4.38. The van der Waals surface area contributed by atoms with Gasteiger partial charge in [-0.3, -0.25) is 4.90 Å². The van der Waals surface area contributed by atoms with Crippen LogP contribution >= 0.6 is 12.4 Å². The number of alkyl halides is 2. The molecule has 0 radical (unpaired) electrons. The first-order valence-electron chi connectivity index (χ1n) is 5.58. The Hall–Kier alpha value is -0.680. The van der Waals surface area contributed by atoms with Gasteiger partial charge in [-0.1, -0.05) is 5.16 Å². The lowest BCUT2D eigenvalue weighted by Crippen LogP contribution is -2.35. The van der Waals surface area contributed by atoms with E-state index >= 15 is 0 Å². The summed E-state index contributed by atoms with van der Waals surface area (Å²) in [7, 11) is 0. The van der Waals surface area contributed by atoms with Gasteiger partial charge in [0, 0.05) is 12.0 Å². The van der Waals surface area contributed by atoms with E-state index in [2.05, 4.69) is 10.1 Å². The summed E-state index contributed by atoms with van der Waals surface area (Å²) in [6, 6.07) is 1.89. The summed E-state index contributed by atoms with van der Waals surface area (Å²) in [4.78, 5) is 2.14. The molecular formula is C11H17ClF2N2O. The highest BCUT2D eigenvalue weighted by Crippen LogP contribution is 2.24. The number of nitrogens with zero attached hydrogens (tertiary/aromatic N) is 2. The number of hydrogen-bond acceptors (Lipinski definition) is 3. The highest BCUT2D eigenvalue weighted by molar-refractivity contribution is 5.85. The summed E-state index contributed by atoms with van der Waals surface area (Å²) in [6.07, 6.45) is -1.02. The molecule has 3 nitrogen and oxygen atoms in total. The molecule has 0 spiro atoms. The normalized spacial score (nSPS) is 18.4.